The Morgan fingerprint density at radius 1 is 1.42 bits per heavy atom. The van der Waals surface area contributed by atoms with E-state index >= 15 is 0 Å². The van der Waals surface area contributed by atoms with Crippen molar-refractivity contribution in [1.82, 2.24) is 4.90 Å². The summed E-state index contributed by atoms with van der Waals surface area (Å²) in [6.07, 6.45) is 2.07. The molecule has 1 aromatic rings. The van der Waals surface area contributed by atoms with Gasteiger partial charge >= 0.3 is 5.97 Å². The molecule has 0 bridgehead atoms. The zero-order valence-corrected chi connectivity index (χ0v) is 12.1. The van der Waals surface area contributed by atoms with Crippen LogP contribution in [0.5, 0.6) is 0 Å². The molecule has 0 unspecified atom stereocenters. The predicted molar refractivity (Wildman–Crippen MR) is 73.8 cm³/mol. The molecular formula is C12H15NO4S2. The topological polar surface area (TPSA) is 77.8 Å². The number of carboxylic acids is 1. The maximum Gasteiger partial charge on any atom is 0.335 e. The van der Waals surface area contributed by atoms with Crippen molar-refractivity contribution in [2.45, 2.75) is 23.3 Å². The third-order valence-corrected chi connectivity index (χ3v) is 5.13. The quantitative estimate of drug-likeness (QED) is 0.828. The molecule has 7 heteroatoms. The first-order valence-corrected chi connectivity index (χ1v) is 7.95. The van der Waals surface area contributed by atoms with Crippen LogP contribution >= 0.6 is 23.1 Å². The smallest absolute Gasteiger partial charge is 0.335 e. The number of thiophene rings is 1. The van der Waals surface area contributed by atoms with Crippen LogP contribution in [0.1, 0.15) is 22.5 Å². The molecular weight excluding hydrogens is 286 g/mol. The number of aliphatic carboxylic acids is 1. The molecule has 1 aliphatic heterocycles. The van der Waals surface area contributed by atoms with Gasteiger partial charge in [0, 0.05) is 30.8 Å². The summed E-state index contributed by atoms with van der Waals surface area (Å²) in [5, 5.41) is 20.6. The number of thioether (sulfide) groups is 1. The molecule has 1 amide bonds. The normalized spacial score (nSPS) is 18.3. The third-order valence-electron chi connectivity index (χ3n) is 3.32. The minimum atomic E-state index is -1.69. The van der Waals surface area contributed by atoms with Gasteiger partial charge in [0.25, 0.3) is 5.91 Å². The molecule has 5 nitrogen and oxygen atoms in total. The molecule has 0 spiro atoms. The van der Waals surface area contributed by atoms with E-state index in [4.69, 9.17) is 5.11 Å². The lowest BCUT2D eigenvalue weighted by atomic mass is 9.91. The van der Waals surface area contributed by atoms with Gasteiger partial charge in [-0.1, -0.05) is 0 Å². The first-order chi connectivity index (χ1) is 8.98. The monoisotopic (exact) mass is 301 g/mol. The minimum Gasteiger partial charge on any atom is -0.479 e. The highest BCUT2D eigenvalue weighted by molar-refractivity contribution is 7.98. The zero-order chi connectivity index (χ0) is 14.0. The van der Waals surface area contributed by atoms with E-state index in [1.807, 2.05) is 17.7 Å². The van der Waals surface area contributed by atoms with E-state index in [2.05, 4.69) is 0 Å². The molecule has 0 radical (unpaired) electrons. The number of piperidine rings is 1. The average molecular weight is 301 g/mol. The molecule has 2 heterocycles. The second-order valence-corrected chi connectivity index (χ2v) is 6.21. The molecule has 1 aliphatic rings. The molecule has 1 saturated heterocycles. The number of likely N-dealkylation sites (tertiary alicyclic amines) is 1. The van der Waals surface area contributed by atoms with E-state index in [0.29, 0.717) is 4.88 Å². The van der Waals surface area contributed by atoms with E-state index in [0.717, 1.165) is 4.90 Å². The van der Waals surface area contributed by atoms with Crippen LogP contribution in [0.3, 0.4) is 0 Å². The average Bonchev–Trinajstić information content (AvgIpc) is 2.87. The van der Waals surface area contributed by atoms with Crippen molar-refractivity contribution in [3.8, 4) is 0 Å². The second kappa shape index (κ2) is 5.52. The lowest BCUT2D eigenvalue weighted by molar-refractivity contribution is -0.162. The van der Waals surface area contributed by atoms with Gasteiger partial charge in [0.2, 0.25) is 0 Å². The molecule has 2 rings (SSSR count). The number of rotatable bonds is 3. The molecule has 1 fully saturated rings. The summed E-state index contributed by atoms with van der Waals surface area (Å²) in [7, 11) is 0. The van der Waals surface area contributed by atoms with Gasteiger partial charge < -0.3 is 15.1 Å². The van der Waals surface area contributed by atoms with Crippen molar-refractivity contribution >= 4 is 35.0 Å². The Hall–Kier alpha value is -1.05. The summed E-state index contributed by atoms with van der Waals surface area (Å²) in [6, 6.07) is 1.90. The van der Waals surface area contributed by atoms with E-state index in [-0.39, 0.29) is 31.8 Å². The Balaban J connectivity index is 2.06. The van der Waals surface area contributed by atoms with Gasteiger partial charge in [-0.15, -0.1) is 23.1 Å². The summed E-state index contributed by atoms with van der Waals surface area (Å²) in [5.41, 5.74) is -1.69. The Morgan fingerprint density at radius 2 is 2.05 bits per heavy atom. The SMILES string of the molecule is CSc1ccsc1C(=O)N1CCC(O)(C(=O)O)CC1. The van der Waals surface area contributed by atoms with Gasteiger partial charge in [0.05, 0.1) is 0 Å². The molecule has 19 heavy (non-hydrogen) atoms. The van der Waals surface area contributed by atoms with Crippen LogP contribution < -0.4 is 0 Å². The van der Waals surface area contributed by atoms with Gasteiger partial charge in [-0.05, 0) is 17.7 Å². The van der Waals surface area contributed by atoms with Crippen LogP contribution in [0, 0.1) is 0 Å². The first-order valence-electron chi connectivity index (χ1n) is 5.84. The fourth-order valence-electron chi connectivity index (χ4n) is 2.05. The van der Waals surface area contributed by atoms with Gasteiger partial charge in [-0.3, -0.25) is 4.79 Å². The summed E-state index contributed by atoms with van der Waals surface area (Å²) in [5.74, 6) is -1.28. The lowest BCUT2D eigenvalue weighted by Gasteiger charge is -2.35. The van der Waals surface area contributed by atoms with Crippen LogP contribution in [0.2, 0.25) is 0 Å². The van der Waals surface area contributed by atoms with Crippen LogP contribution in [-0.2, 0) is 4.79 Å². The largest absolute Gasteiger partial charge is 0.479 e. The van der Waals surface area contributed by atoms with Crippen molar-refractivity contribution < 1.29 is 19.8 Å². The number of carbonyl (C=O) groups excluding carboxylic acids is 1. The number of nitrogens with zero attached hydrogens (tertiary/aromatic N) is 1. The second-order valence-electron chi connectivity index (χ2n) is 4.45. The highest BCUT2D eigenvalue weighted by Gasteiger charge is 2.40. The number of amides is 1. The van der Waals surface area contributed by atoms with Gasteiger partial charge in [-0.2, -0.15) is 0 Å². The van der Waals surface area contributed by atoms with Crippen LogP contribution in [0.15, 0.2) is 16.3 Å². The fraction of sp³-hybridized carbons (Fsp3) is 0.500. The number of hydrogen-bond donors (Lipinski definition) is 2. The van der Waals surface area contributed by atoms with Crippen molar-refractivity contribution in [3.05, 3.63) is 16.3 Å². The van der Waals surface area contributed by atoms with Gasteiger partial charge in [0.15, 0.2) is 5.60 Å². The van der Waals surface area contributed by atoms with Gasteiger partial charge in [0.1, 0.15) is 4.88 Å². The Bertz CT molecular complexity index is 492. The number of carboxylic acid groups (broad SMARTS) is 1. The molecule has 2 N–H and O–H groups in total. The maximum absolute atomic E-state index is 12.3. The standard InChI is InChI=1S/C12H15NO4S2/c1-18-8-2-7-19-9(8)10(14)13-5-3-12(17,4-6-13)11(15)16/h2,7,17H,3-6H2,1H3,(H,15,16). The highest BCUT2D eigenvalue weighted by atomic mass is 32.2. The number of hydrogen-bond acceptors (Lipinski definition) is 5. The fourth-order valence-corrected chi connectivity index (χ4v) is 3.76. The molecule has 0 aliphatic carbocycles. The van der Waals surface area contributed by atoms with Crippen LogP contribution in [0.25, 0.3) is 0 Å². The Kier molecular flexibility index (Phi) is 4.17. The zero-order valence-electron chi connectivity index (χ0n) is 10.5. The molecule has 0 aromatic carbocycles. The van der Waals surface area contributed by atoms with E-state index in [1.54, 1.807) is 4.90 Å². The minimum absolute atomic E-state index is 0.0770. The van der Waals surface area contributed by atoms with E-state index < -0.39 is 11.6 Å². The van der Waals surface area contributed by atoms with E-state index in [1.165, 1.54) is 23.1 Å². The van der Waals surface area contributed by atoms with Crippen molar-refractivity contribution in [1.29, 1.82) is 0 Å². The van der Waals surface area contributed by atoms with Crippen molar-refractivity contribution in [2.75, 3.05) is 19.3 Å². The Labute approximate surface area is 119 Å². The summed E-state index contributed by atoms with van der Waals surface area (Å²) >= 11 is 2.91. The first kappa shape index (κ1) is 14.4. The third kappa shape index (κ3) is 2.77. The molecule has 104 valence electrons. The Morgan fingerprint density at radius 3 is 2.58 bits per heavy atom. The summed E-state index contributed by atoms with van der Waals surface area (Å²) in [4.78, 5) is 26.5. The van der Waals surface area contributed by atoms with Crippen molar-refractivity contribution in [2.24, 2.45) is 0 Å². The van der Waals surface area contributed by atoms with Crippen molar-refractivity contribution in [3.63, 3.8) is 0 Å². The van der Waals surface area contributed by atoms with Crippen LogP contribution in [0.4, 0.5) is 0 Å². The molecule has 0 atom stereocenters. The predicted octanol–water partition coefficient (Wildman–Crippen LogP) is 1.52. The lowest BCUT2D eigenvalue weighted by Crippen LogP contribution is -2.50. The molecule has 0 saturated carbocycles. The maximum atomic E-state index is 12.3. The molecule has 1 aromatic heterocycles. The highest BCUT2D eigenvalue weighted by Crippen LogP contribution is 2.29. The summed E-state index contributed by atoms with van der Waals surface area (Å²) < 4.78 is 0. The number of aliphatic hydroxyl groups is 1. The van der Waals surface area contributed by atoms with Crippen LogP contribution in [-0.4, -0.2) is 51.9 Å². The number of carbonyl (C=O) groups is 2. The summed E-state index contributed by atoms with van der Waals surface area (Å²) in [6.45, 7) is 0.542. The van der Waals surface area contributed by atoms with Gasteiger partial charge in [-0.25, -0.2) is 4.79 Å². The van der Waals surface area contributed by atoms with E-state index in [9.17, 15) is 14.7 Å².